The first-order valence-corrected chi connectivity index (χ1v) is 11.1. The Kier molecular flexibility index (Phi) is 18.5. The van der Waals surface area contributed by atoms with Crippen molar-refractivity contribution in [2.75, 3.05) is 38.7 Å². The smallest absolute Gasteiger partial charge is 0.407 e. The molecule has 0 fully saturated rings. The minimum absolute atomic E-state index is 0.0819. The van der Waals surface area contributed by atoms with Crippen LogP contribution < -0.4 is 10.6 Å². The summed E-state index contributed by atoms with van der Waals surface area (Å²) in [4.78, 5) is 45.5. The van der Waals surface area contributed by atoms with E-state index >= 15 is 0 Å². The van der Waals surface area contributed by atoms with Gasteiger partial charge >= 0.3 is 24.1 Å². The van der Waals surface area contributed by atoms with Crippen LogP contribution in [0, 0.1) is 0 Å². The van der Waals surface area contributed by atoms with Gasteiger partial charge in [0.2, 0.25) is 0 Å². The molecule has 0 aromatic heterocycles. The maximum absolute atomic E-state index is 11.9. The summed E-state index contributed by atoms with van der Waals surface area (Å²) in [5, 5.41) is 5.19. The number of carbonyl (C=O) groups excluding carboxylic acids is 4. The molecule has 0 aliphatic rings. The molecule has 1 unspecified atom stereocenters. The van der Waals surface area contributed by atoms with Crippen molar-refractivity contribution in [2.24, 2.45) is 0 Å². The van der Waals surface area contributed by atoms with Gasteiger partial charge < -0.3 is 29.6 Å². The molecular weight excluding hydrogens is 440 g/mol. The summed E-state index contributed by atoms with van der Waals surface area (Å²) in [6.45, 7) is 7.72. The van der Waals surface area contributed by atoms with Gasteiger partial charge in [-0.25, -0.2) is 19.2 Å². The van der Waals surface area contributed by atoms with Gasteiger partial charge in [-0.2, -0.15) is 12.6 Å². The van der Waals surface area contributed by atoms with E-state index in [9.17, 15) is 19.2 Å². The summed E-state index contributed by atoms with van der Waals surface area (Å²) < 4.78 is 20.1. The number of hydrogen-bond donors (Lipinski definition) is 3. The lowest BCUT2D eigenvalue weighted by atomic mass is 10.2. The summed E-state index contributed by atoms with van der Waals surface area (Å²) in [5.41, 5.74) is 0. The molecule has 1 atom stereocenters. The van der Waals surface area contributed by atoms with Gasteiger partial charge in [0.25, 0.3) is 0 Å². The molecule has 0 aliphatic heterocycles. The maximum atomic E-state index is 11.9. The van der Waals surface area contributed by atoms with E-state index in [0.717, 1.165) is 12.2 Å². The highest BCUT2D eigenvalue weighted by Crippen LogP contribution is 2.05. The van der Waals surface area contributed by atoms with Crippen LogP contribution in [-0.2, 0) is 28.5 Å². The zero-order chi connectivity index (χ0) is 24.0. The first kappa shape index (κ1) is 29.3. The highest BCUT2D eigenvalue weighted by molar-refractivity contribution is 7.80. The van der Waals surface area contributed by atoms with Crippen molar-refractivity contribution >= 4 is 36.8 Å². The standard InChI is InChI=1S/C21H34N2O8S/c1-3-18(24)28-13-7-5-11-22-20(26)30-16-17(10-9-15-32)31-21(27)23-12-6-8-14-29-19(25)4-2/h3-4,17,32H,1-2,5-16H2,(H,22,26)(H,23,27). The van der Waals surface area contributed by atoms with Crippen LogP contribution in [0.1, 0.15) is 38.5 Å². The van der Waals surface area contributed by atoms with Crippen LogP contribution in [-0.4, -0.2) is 68.9 Å². The Hall–Kier alpha value is -2.69. The van der Waals surface area contributed by atoms with E-state index in [0.29, 0.717) is 57.4 Å². The van der Waals surface area contributed by atoms with E-state index in [2.05, 4.69) is 36.4 Å². The van der Waals surface area contributed by atoms with E-state index in [-0.39, 0.29) is 19.8 Å². The predicted molar refractivity (Wildman–Crippen MR) is 121 cm³/mol. The number of alkyl carbamates (subject to hydrolysis) is 2. The van der Waals surface area contributed by atoms with Gasteiger partial charge in [-0.05, 0) is 44.3 Å². The monoisotopic (exact) mass is 474 g/mol. The van der Waals surface area contributed by atoms with Crippen molar-refractivity contribution in [1.82, 2.24) is 10.6 Å². The number of rotatable bonds is 18. The van der Waals surface area contributed by atoms with Crippen LogP contribution in [0.25, 0.3) is 0 Å². The molecule has 32 heavy (non-hydrogen) atoms. The molecule has 2 amide bonds. The van der Waals surface area contributed by atoms with Gasteiger partial charge in [0, 0.05) is 25.2 Å². The lowest BCUT2D eigenvalue weighted by Gasteiger charge is -2.18. The molecule has 0 aromatic carbocycles. The Morgan fingerprint density at radius 3 is 1.81 bits per heavy atom. The van der Waals surface area contributed by atoms with E-state index in [4.69, 9.17) is 18.9 Å². The van der Waals surface area contributed by atoms with Crippen LogP contribution in [0.2, 0.25) is 0 Å². The van der Waals surface area contributed by atoms with Crippen molar-refractivity contribution in [3.05, 3.63) is 25.3 Å². The molecule has 10 nitrogen and oxygen atoms in total. The summed E-state index contributed by atoms with van der Waals surface area (Å²) in [6, 6.07) is 0. The van der Waals surface area contributed by atoms with Gasteiger partial charge in [0.05, 0.1) is 13.2 Å². The lowest BCUT2D eigenvalue weighted by Crippen LogP contribution is -2.34. The normalized spacial score (nSPS) is 10.9. The zero-order valence-electron chi connectivity index (χ0n) is 18.3. The molecule has 0 bridgehead atoms. The quantitative estimate of drug-likeness (QED) is 0.0909. The molecule has 11 heteroatoms. The summed E-state index contributed by atoms with van der Waals surface area (Å²) in [5.74, 6) is -0.363. The largest absolute Gasteiger partial charge is 0.463 e. The third-order valence-corrected chi connectivity index (χ3v) is 4.18. The van der Waals surface area contributed by atoms with Crippen LogP contribution in [0.5, 0.6) is 0 Å². The second-order valence-electron chi connectivity index (χ2n) is 6.50. The molecular formula is C21H34N2O8S. The van der Waals surface area contributed by atoms with E-state index in [1.54, 1.807) is 0 Å². The van der Waals surface area contributed by atoms with Crippen LogP contribution in [0.4, 0.5) is 9.59 Å². The molecule has 0 spiro atoms. The fourth-order valence-corrected chi connectivity index (χ4v) is 2.39. The number of thiol groups is 1. The van der Waals surface area contributed by atoms with E-state index in [1.165, 1.54) is 0 Å². The SMILES string of the molecule is C=CC(=O)OCCCCNC(=O)OCC(CCCS)OC(=O)NCCCCOC(=O)C=C. The minimum Gasteiger partial charge on any atom is -0.463 e. The third-order valence-electron chi connectivity index (χ3n) is 3.86. The second-order valence-corrected chi connectivity index (χ2v) is 6.95. The Morgan fingerprint density at radius 1 is 0.781 bits per heavy atom. The maximum Gasteiger partial charge on any atom is 0.407 e. The number of amides is 2. The number of carbonyl (C=O) groups is 4. The van der Waals surface area contributed by atoms with Gasteiger partial charge in [0.15, 0.2) is 0 Å². The second kappa shape index (κ2) is 20.2. The molecule has 0 heterocycles. The Bertz CT molecular complexity index is 600. The molecule has 2 N–H and O–H groups in total. The zero-order valence-corrected chi connectivity index (χ0v) is 19.2. The van der Waals surface area contributed by atoms with Gasteiger partial charge in [-0.15, -0.1) is 0 Å². The van der Waals surface area contributed by atoms with Gasteiger partial charge in [-0.3, -0.25) is 0 Å². The van der Waals surface area contributed by atoms with Crippen molar-refractivity contribution in [3.8, 4) is 0 Å². The average Bonchev–Trinajstić information content (AvgIpc) is 2.79. The Morgan fingerprint density at radius 2 is 1.31 bits per heavy atom. The molecule has 0 saturated heterocycles. The third kappa shape index (κ3) is 18.1. The number of ether oxygens (including phenoxy) is 4. The van der Waals surface area contributed by atoms with Gasteiger partial charge in [0.1, 0.15) is 12.7 Å². The predicted octanol–water partition coefficient (Wildman–Crippen LogP) is 2.54. The molecule has 182 valence electrons. The Balaban J connectivity index is 4.01. The average molecular weight is 475 g/mol. The van der Waals surface area contributed by atoms with Crippen LogP contribution in [0.3, 0.4) is 0 Å². The van der Waals surface area contributed by atoms with Gasteiger partial charge in [-0.1, -0.05) is 13.2 Å². The Labute approximate surface area is 194 Å². The number of unbranched alkanes of at least 4 members (excludes halogenated alkanes) is 2. The fraction of sp³-hybridized carbons (Fsp3) is 0.619. The van der Waals surface area contributed by atoms with E-state index in [1.807, 2.05) is 0 Å². The van der Waals surface area contributed by atoms with E-state index < -0.39 is 30.2 Å². The number of esters is 2. The summed E-state index contributed by atoms with van der Waals surface area (Å²) in [6.07, 6.45) is 3.91. The lowest BCUT2D eigenvalue weighted by molar-refractivity contribution is -0.138. The van der Waals surface area contributed by atoms with Crippen molar-refractivity contribution < 1.29 is 38.1 Å². The molecule has 0 rings (SSSR count). The molecule has 0 aliphatic carbocycles. The fourth-order valence-electron chi connectivity index (χ4n) is 2.21. The van der Waals surface area contributed by atoms with Crippen LogP contribution in [0.15, 0.2) is 25.3 Å². The minimum atomic E-state index is -0.623. The summed E-state index contributed by atoms with van der Waals surface area (Å²) in [7, 11) is 0. The van der Waals surface area contributed by atoms with Crippen LogP contribution >= 0.6 is 12.6 Å². The highest BCUT2D eigenvalue weighted by Gasteiger charge is 2.16. The van der Waals surface area contributed by atoms with Crippen molar-refractivity contribution in [1.29, 1.82) is 0 Å². The summed E-state index contributed by atoms with van der Waals surface area (Å²) >= 11 is 4.14. The first-order chi connectivity index (χ1) is 15.4. The highest BCUT2D eigenvalue weighted by atomic mass is 32.1. The molecule has 0 radical (unpaired) electrons. The van der Waals surface area contributed by atoms with Crippen molar-refractivity contribution in [2.45, 2.75) is 44.6 Å². The topological polar surface area (TPSA) is 129 Å². The number of hydrogen-bond acceptors (Lipinski definition) is 9. The number of nitrogens with one attached hydrogen (secondary N) is 2. The molecule has 0 saturated carbocycles. The van der Waals surface area contributed by atoms with Crippen molar-refractivity contribution in [3.63, 3.8) is 0 Å². The molecule has 0 aromatic rings. The first-order valence-electron chi connectivity index (χ1n) is 10.5.